The van der Waals surface area contributed by atoms with Crippen LogP contribution in [0.25, 0.3) is 22.3 Å². The van der Waals surface area contributed by atoms with Gasteiger partial charge in [0.15, 0.2) is 5.76 Å². The van der Waals surface area contributed by atoms with Gasteiger partial charge in [-0.2, -0.15) is 0 Å². The van der Waals surface area contributed by atoms with Gasteiger partial charge in [-0.1, -0.05) is 0 Å². The van der Waals surface area contributed by atoms with E-state index in [4.69, 9.17) is 13.9 Å². The van der Waals surface area contributed by atoms with Gasteiger partial charge in [0.05, 0.1) is 5.92 Å². The van der Waals surface area contributed by atoms with E-state index in [0.717, 1.165) is 12.1 Å². The smallest absolute Gasteiger partial charge is 0.305 e. The molecular weight excluding hydrogens is 536 g/mol. The van der Waals surface area contributed by atoms with Crippen molar-refractivity contribution in [2.24, 2.45) is 0 Å². The second-order valence-corrected chi connectivity index (χ2v) is 9.89. The Labute approximate surface area is 229 Å². The van der Waals surface area contributed by atoms with Gasteiger partial charge in [-0.05, 0) is 48.5 Å². The predicted molar refractivity (Wildman–Crippen MR) is 142 cm³/mol. The van der Waals surface area contributed by atoms with Gasteiger partial charge in [0, 0.05) is 40.5 Å². The molecule has 5 aromatic rings. The van der Waals surface area contributed by atoms with Crippen LogP contribution in [0.3, 0.4) is 0 Å². The largest absolute Gasteiger partial charge is 0.508 e. The average Bonchev–Trinajstić information content (AvgIpc) is 2.92. The van der Waals surface area contributed by atoms with Crippen molar-refractivity contribution in [3.05, 3.63) is 93.6 Å². The molecule has 0 fully saturated rings. The van der Waals surface area contributed by atoms with Crippen molar-refractivity contribution in [2.75, 3.05) is 0 Å². The summed E-state index contributed by atoms with van der Waals surface area (Å²) in [5.74, 6) is -5.87. The third kappa shape index (κ3) is 3.33. The van der Waals surface area contributed by atoms with Gasteiger partial charge in [-0.15, -0.1) is 0 Å². The summed E-state index contributed by atoms with van der Waals surface area (Å²) in [5, 5.41) is 73.9. The Morgan fingerprint density at radius 2 is 1.29 bits per heavy atom. The molecule has 0 aliphatic carbocycles. The van der Waals surface area contributed by atoms with Gasteiger partial charge in [0.25, 0.3) is 0 Å². The van der Waals surface area contributed by atoms with Crippen LogP contribution in [0.15, 0.2) is 75.9 Å². The van der Waals surface area contributed by atoms with E-state index in [9.17, 15) is 40.5 Å². The molecule has 41 heavy (non-hydrogen) atoms. The molecule has 0 radical (unpaired) electrons. The summed E-state index contributed by atoms with van der Waals surface area (Å²) in [4.78, 5) is 13.4. The first-order chi connectivity index (χ1) is 19.6. The van der Waals surface area contributed by atoms with Crippen molar-refractivity contribution in [1.82, 2.24) is 0 Å². The third-order valence-electron chi connectivity index (χ3n) is 7.48. The monoisotopic (exact) mass is 556 g/mol. The fourth-order valence-electron chi connectivity index (χ4n) is 5.65. The minimum Gasteiger partial charge on any atom is -0.508 e. The number of rotatable bonds is 2. The van der Waals surface area contributed by atoms with E-state index in [1.807, 2.05) is 0 Å². The van der Waals surface area contributed by atoms with E-state index < -0.39 is 45.9 Å². The fraction of sp³-hybridized carbons (Fsp3) is 0.100. The molecule has 4 aromatic carbocycles. The topological polar surface area (TPSA) is 190 Å². The minimum atomic E-state index is -1.99. The number of aromatic hydroxyl groups is 6. The number of aliphatic hydroxyl groups is 1. The van der Waals surface area contributed by atoms with Crippen LogP contribution in [0.4, 0.5) is 0 Å². The lowest BCUT2D eigenvalue weighted by Crippen LogP contribution is -2.57. The maximum absolute atomic E-state index is 13.4. The molecule has 1 aromatic heterocycles. The molecule has 206 valence electrons. The van der Waals surface area contributed by atoms with Crippen molar-refractivity contribution < 1.29 is 49.6 Å². The molecule has 0 amide bonds. The number of phenols is 5. The molecule has 0 spiro atoms. The normalized spacial score (nSPS) is 20.5. The minimum absolute atomic E-state index is 0.0439. The van der Waals surface area contributed by atoms with Crippen LogP contribution in [0.2, 0.25) is 0 Å². The molecule has 0 saturated heterocycles. The van der Waals surface area contributed by atoms with Crippen LogP contribution >= 0.6 is 0 Å². The number of phenolic OH excluding ortho intramolecular Hbond substituents is 5. The Morgan fingerprint density at radius 1 is 0.683 bits per heavy atom. The van der Waals surface area contributed by atoms with E-state index >= 15 is 0 Å². The summed E-state index contributed by atoms with van der Waals surface area (Å²) >= 11 is 0. The molecular formula is C30H20O11. The van der Waals surface area contributed by atoms with Gasteiger partial charge >= 0.3 is 5.79 Å². The Hall–Kier alpha value is -5.55. The number of hydrogen-bond acceptors (Lipinski definition) is 11. The Bertz CT molecular complexity index is 1940. The van der Waals surface area contributed by atoms with Crippen molar-refractivity contribution in [3.63, 3.8) is 0 Å². The highest BCUT2D eigenvalue weighted by Crippen LogP contribution is 2.60. The number of ether oxygens (including phenoxy) is 2. The van der Waals surface area contributed by atoms with Crippen molar-refractivity contribution in [3.8, 4) is 57.3 Å². The highest BCUT2D eigenvalue weighted by molar-refractivity contribution is 5.92. The zero-order valence-corrected chi connectivity index (χ0v) is 20.8. The summed E-state index contributed by atoms with van der Waals surface area (Å²) in [6.45, 7) is 0. The number of hydrogen-bond donors (Lipinski definition) is 7. The first-order valence-electron chi connectivity index (χ1n) is 12.4. The first kappa shape index (κ1) is 24.5. The van der Waals surface area contributed by atoms with Crippen LogP contribution in [0.1, 0.15) is 22.6 Å². The van der Waals surface area contributed by atoms with Gasteiger partial charge < -0.3 is 49.6 Å². The molecule has 11 heteroatoms. The quantitative estimate of drug-likeness (QED) is 0.167. The molecule has 7 N–H and O–H groups in total. The molecule has 2 bridgehead atoms. The Balaban J connectivity index is 1.59. The lowest BCUT2D eigenvalue weighted by atomic mass is 9.75. The van der Waals surface area contributed by atoms with Crippen LogP contribution in [0.5, 0.6) is 46.0 Å². The van der Waals surface area contributed by atoms with Gasteiger partial charge in [-0.25, -0.2) is 0 Å². The first-order valence-corrected chi connectivity index (χ1v) is 12.4. The summed E-state index contributed by atoms with van der Waals surface area (Å²) in [7, 11) is 0. The zero-order chi connectivity index (χ0) is 28.8. The van der Waals surface area contributed by atoms with Crippen LogP contribution in [-0.4, -0.2) is 41.8 Å². The summed E-state index contributed by atoms with van der Waals surface area (Å²) in [6, 6.07) is 14.5. The number of aliphatic hydroxyl groups excluding tert-OH is 1. The van der Waals surface area contributed by atoms with Crippen molar-refractivity contribution >= 4 is 11.0 Å². The van der Waals surface area contributed by atoms with E-state index in [1.54, 1.807) is 0 Å². The molecule has 2 aliphatic heterocycles. The van der Waals surface area contributed by atoms with Crippen LogP contribution in [0, 0.1) is 0 Å². The lowest BCUT2D eigenvalue weighted by Gasteiger charge is -2.49. The van der Waals surface area contributed by atoms with E-state index in [2.05, 4.69) is 0 Å². The fourth-order valence-corrected chi connectivity index (χ4v) is 5.65. The second-order valence-electron chi connectivity index (χ2n) is 9.89. The maximum Gasteiger partial charge on any atom is 0.305 e. The predicted octanol–water partition coefficient (Wildman–Crippen LogP) is 3.82. The second kappa shape index (κ2) is 8.23. The van der Waals surface area contributed by atoms with Crippen molar-refractivity contribution in [2.45, 2.75) is 17.8 Å². The van der Waals surface area contributed by atoms with E-state index in [0.29, 0.717) is 0 Å². The summed E-state index contributed by atoms with van der Waals surface area (Å²) in [5.41, 5.74) is -0.627. The summed E-state index contributed by atoms with van der Waals surface area (Å²) in [6.07, 6.45) is -1.61. The SMILES string of the molecule is O=c1c(O)c(-c2ccc(O)cc2)oc2c3c(cc(O)c12)O[C@]1(c2ccc(O)cc2)Oc2cc(O)cc(O)c2[C@H]3[C@@H]1O. The van der Waals surface area contributed by atoms with Gasteiger partial charge in [-0.3, -0.25) is 4.79 Å². The molecule has 0 saturated carbocycles. The standard InChI is InChI=1S/C30H20O11/c31-14-5-1-12(2-6-14)27-26(37)25(36)22-18(35)11-20-23(28(22)39-27)24-21-17(34)9-16(33)10-19(21)40-30(41-20,29(24)38)13-3-7-15(32)8-4-13/h1-11,24,29,31-35,37-38H/t24-,29+,30+/m1/s1. The molecule has 11 nitrogen and oxygen atoms in total. The molecule has 7 rings (SSSR count). The molecule has 3 heterocycles. The zero-order valence-electron chi connectivity index (χ0n) is 20.8. The average molecular weight is 556 g/mol. The molecule has 3 atom stereocenters. The molecule has 2 aliphatic rings. The summed E-state index contributed by atoms with van der Waals surface area (Å²) < 4.78 is 18.4. The van der Waals surface area contributed by atoms with E-state index in [-0.39, 0.29) is 62.3 Å². The third-order valence-corrected chi connectivity index (χ3v) is 7.48. The van der Waals surface area contributed by atoms with Crippen LogP contribution in [-0.2, 0) is 5.79 Å². The Kier molecular flexibility index (Phi) is 4.91. The van der Waals surface area contributed by atoms with Crippen molar-refractivity contribution in [1.29, 1.82) is 0 Å². The van der Waals surface area contributed by atoms with Gasteiger partial charge in [0.2, 0.25) is 11.2 Å². The maximum atomic E-state index is 13.4. The van der Waals surface area contributed by atoms with Crippen LogP contribution < -0.4 is 14.9 Å². The highest BCUT2D eigenvalue weighted by atomic mass is 16.7. The Morgan fingerprint density at radius 3 is 1.95 bits per heavy atom. The number of fused-ring (bicyclic) bond motifs is 8. The van der Waals surface area contributed by atoms with E-state index in [1.165, 1.54) is 54.6 Å². The lowest BCUT2D eigenvalue weighted by molar-refractivity contribution is -0.218. The number of benzene rings is 4. The molecule has 0 unspecified atom stereocenters. The highest BCUT2D eigenvalue weighted by Gasteiger charge is 2.59. The van der Waals surface area contributed by atoms with Gasteiger partial charge in [0.1, 0.15) is 57.3 Å².